The number of nitrogens with zero attached hydrogens (tertiary/aromatic N) is 4. The Bertz CT molecular complexity index is 1420. The van der Waals surface area contributed by atoms with Crippen LogP contribution in [-0.4, -0.2) is 37.5 Å². The second-order valence-electron chi connectivity index (χ2n) is 7.34. The van der Waals surface area contributed by atoms with E-state index in [0.29, 0.717) is 59.1 Å². The molecule has 0 aliphatic heterocycles. The van der Waals surface area contributed by atoms with Gasteiger partial charge >= 0.3 is 0 Å². The third kappa shape index (κ3) is 4.03. The second-order valence-corrected chi connectivity index (χ2v) is 7.34. The van der Waals surface area contributed by atoms with Crippen LogP contribution in [0.3, 0.4) is 0 Å². The van der Waals surface area contributed by atoms with Crippen LogP contribution in [0.15, 0.2) is 42.5 Å². The highest BCUT2D eigenvalue weighted by Crippen LogP contribution is 2.30. The molecular formula is C22H24N8O3. The molecule has 0 saturated carbocycles. The highest BCUT2D eigenvalue weighted by molar-refractivity contribution is 5.99. The zero-order valence-electron chi connectivity index (χ0n) is 18.0. The van der Waals surface area contributed by atoms with Crippen LogP contribution in [0.2, 0.25) is 0 Å². The van der Waals surface area contributed by atoms with E-state index in [-0.39, 0.29) is 5.95 Å². The van der Waals surface area contributed by atoms with E-state index in [2.05, 4.69) is 9.97 Å². The van der Waals surface area contributed by atoms with Crippen LogP contribution in [0.5, 0.6) is 5.75 Å². The summed E-state index contributed by atoms with van der Waals surface area (Å²) >= 11 is 0. The van der Waals surface area contributed by atoms with E-state index in [1.54, 1.807) is 34.9 Å². The van der Waals surface area contributed by atoms with Gasteiger partial charge in [0.1, 0.15) is 11.3 Å². The van der Waals surface area contributed by atoms with Crippen molar-refractivity contribution in [3.63, 3.8) is 0 Å². The lowest BCUT2D eigenvalue weighted by Crippen LogP contribution is -2.11. The topological polar surface area (TPSA) is 183 Å². The quantitative estimate of drug-likeness (QED) is 0.294. The Hall–Kier alpha value is -4.54. The fourth-order valence-corrected chi connectivity index (χ4v) is 3.69. The second kappa shape index (κ2) is 8.54. The molecule has 2 aromatic heterocycles. The Kier molecular flexibility index (Phi) is 5.61. The minimum absolute atomic E-state index is 0.281. The number of benzene rings is 2. The van der Waals surface area contributed by atoms with Crippen molar-refractivity contribution in [3.05, 3.63) is 53.6 Å². The summed E-state index contributed by atoms with van der Waals surface area (Å²) in [5.74, 6) is -0.00909. The zero-order valence-corrected chi connectivity index (χ0v) is 18.0. The van der Waals surface area contributed by atoms with Gasteiger partial charge in [0.15, 0.2) is 0 Å². The fraction of sp³-hybridized carbons (Fsp3) is 0.182. The summed E-state index contributed by atoms with van der Waals surface area (Å²) in [7, 11) is 0. The van der Waals surface area contributed by atoms with Gasteiger partial charge in [-0.1, -0.05) is 12.2 Å². The van der Waals surface area contributed by atoms with Crippen molar-refractivity contribution < 1.29 is 14.3 Å². The standard InChI is InChI=1S/C22H24N8O3/c1-2-33-17-11-13(20(24)32)10-15-18(17)30(22(26)28-15)8-4-3-7-29-16-6-5-12(19(23)31)9-14(16)27-21(29)25/h3-6,9-11H,2,7-8H2,1H3,(H2,23,31)(H2,24,32)(H2,25,27)(H2,26,28)/b4-3+. The predicted octanol–water partition coefficient (Wildman–Crippen LogP) is 1.40. The summed E-state index contributed by atoms with van der Waals surface area (Å²) in [6.07, 6.45) is 3.83. The number of allylic oxidation sites excluding steroid dienone is 2. The molecule has 4 aromatic rings. The number of primary amides is 2. The van der Waals surface area contributed by atoms with Crippen LogP contribution < -0.4 is 27.7 Å². The number of carbonyl (C=O) groups is 2. The minimum Gasteiger partial charge on any atom is -0.492 e. The van der Waals surface area contributed by atoms with Gasteiger partial charge < -0.3 is 36.8 Å². The predicted molar refractivity (Wildman–Crippen MR) is 126 cm³/mol. The van der Waals surface area contributed by atoms with E-state index in [0.717, 1.165) is 5.52 Å². The molecular weight excluding hydrogens is 424 g/mol. The number of nitrogens with two attached hydrogens (primary N) is 4. The Morgan fingerprint density at radius 1 is 0.909 bits per heavy atom. The molecule has 0 radical (unpaired) electrons. The van der Waals surface area contributed by atoms with Crippen LogP contribution in [0.25, 0.3) is 22.1 Å². The van der Waals surface area contributed by atoms with Crippen LogP contribution in [0.4, 0.5) is 11.9 Å². The lowest BCUT2D eigenvalue weighted by Gasteiger charge is -2.10. The van der Waals surface area contributed by atoms with Crippen LogP contribution in [-0.2, 0) is 13.1 Å². The average molecular weight is 448 g/mol. The van der Waals surface area contributed by atoms with Gasteiger partial charge in [0.05, 0.1) is 23.2 Å². The monoisotopic (exact) mass is 448 g/mol. The molecule has 4 rings (SSSR count). The van der Waals surface area contributed by atoms with Gasteiger partial charge in [0.2, 0.25) is 23.7 Å². The number of imidazole rings is 2. The summed E-state index contributed by atoms with van der Waals surface area (Å²) in [6.45, 7) is 3.12. The molecule has 2 heterocycles. The number of hydrogen-bond acceptors (Lipinski definition) is 7. The number of carbonyl (C=O) groups excluding carboxylic acids is 2. The maximum absolute atomic E-state index is 11.6. The molecule has 11 heteroatoms. The molecule has 0 unspecified atom stereocenters. The molecule has 0 fully saturated rings. The highest BCUT2D eigenvalue weighted by atomic mass is 16.5. The van der Waals surface area contributed by atoms with Gasteiger partial charge in [-0.05, 0) is 37.3 Å². The summed E-state index contributed by atoms with van der Waals surface area (Å²) in [6, 6.07) is 8.20. The Morgan fingerprint density at radius 2 is 1.52 bits per heavy atom. The van der Waals surface area contributed by atoms with Crippen molar-refractivity contribution in [3.8, 4) is 5.75 Å². The third-order valence-electron chi connectivity index (χ3n) is 5.23. The largest absolute Gasteiger partial charge is 0.492 e. The molecule has 2 aromatic carbocycles. The first-order chi connectivity index (χ1) is 15.8. The summed E-state index contributed by atoms with van der Waals surface area (Å²) in [4.78, 5) is 31.7. The molecule has 0 aliphatic rings. The van der Waals surface area contributed by atoms with Crippen molar-refractivity contribution >= 4 is 45.8 Å². The average Bonchev–Trinajstić information content (AvgIpc) is 3.26. The molecule has 170 valence electrons. The Labute approximate surface area is 188 Å². The highest BCUT2D eigenvalue weighted by Gasteiger charge is 2.16. The zero-order chi connectivity index (χ0) is 23.7. The summed E-state index contributed by atoms with van der Waals surface area (Å²) in [5, 5.41) is 0. The van der Waals surface area contributed by atoms with Crippen molar-refractivity contribution in [2.45, 2.75) is 20.0 Å². The Morgan fingerprint density at radius 3 is 2.18 bits per heavy atom. The van der Waals surface area contributed by atoms with E-state index in [4.69, 9.17) is 27.7 Å². The van der Waals surface area contributed by atoms with Crippen LogP contribution in [0, 0.1) is 0 Å². The molecule has 0 saturated heterocycles. The van der Waals surface area contributed by atoms with Gasteiger partial charge in [-0.3, -0.25) is 9.59 Å². The van der Waals surface area contributed by atoms with Crippen molar-refractivity contribution in [2.24, 2.45) is 11.5 Å². The summed E-state index contributed by atoms with van der Waals surface area (Å²) < 4.78 is 9.31. The van der Waals surface area contributed by atoms with Gasteiger partial charge in [-0.15, -0.1) is 0 Å². The molecule has 0 bridgehead atoms. The van der Waals surface area contributed by atoms with E-state index < -0.39 is 11.8 Å². The molecule has 0 spiro atoms. The van der Waals surface area contributed by atoms with Crippen LogP contribution in [0.1, 0.15) is 27.6 Å². The van der Waals surface area contributed by atoms with Gasteiger partial charge in [-0.25, -0.2) is 9.97 Å². The third-order valence-corrected chi connectivity index (χ3v) is 5.23. The molecule has 0 aliphatic carbocycles. The lowest BCUT2D eigenvalue weighted by atomic mass is 10.1. The van der Waals surface area contributed by atoms with Gasteiger partial charge in [-0.2, -0.15) is 0 Å². The molecule has 0 atom stereocenters. The minimum atomic E-state index is -0.570. The first-order valence-corrected chi connectivity index (χ1v) is 10.2. The smallest absolute Gasteiger partial charge is 0.248 e. The molecule has 2 amide bonds. The normalized spacial score (nSPS) is 11.5. The van der Waals surface area contributed by atoms with Gasteiger partial charge in [0.25, 0.3) is 0 Å². The van der Waals surface area contributed by atoms with Crippen molar-refractivity contribution in [2.75, 3.05) is 18.1 Å². The first kappa shape index (κ1) is 21.7. The number of nitrogen functional groups attached to an aromatic ring is 2. The van der Waals surface area contributed by atoms with Crippen molar-refractivity contribution in [1.82, 2.24) is 19.1 Å². The number of amides is 2. The Balaban J connectivity index is 1.61. The van der Waals surface area contributed by atoms with E-state index in [1.165, 1.54) is 0 Å². The number of rotatable bonds is 8. The first-order valence-electron chi connectivity index (χ1n) is 10.2. The fourth-order valence-electron chi connectivity index (χ4n) is 3.69. The maximum Gasteiger partial charge on any atom is 0.248 e. The number of fused-ring (bicyclic) bond motifs is 2. The number of aromatic nitrogens is 4. The number of hydrogen-bond donors (Lipinski definition) is 4. The van der Waals surface area contributed by atoms with E-state index >= 15 is 0 Å². The molecule has 11 nitrogen and oxygen atoms in total. The lowest BCUT2D eigenvalue weighted by molar-refractivity contribution is 0.0992. The SMILES string of the molecule is CCOc1cc(C(N)=O)cc2nc(N)n(C/C=C/Cn3c(N)nc4cc(C(N)=O)ccc43)c12. The summed E-state index contributed by atoms with van der Waals surface area (Å²) in [5.41, 5.74) is 26.2. The number of ether oxygens (including phenoxy) is 1. The molecule has 33 heavy (non-hydrogen) atoms. The van der Waals surface area contributed by atoms with Crippen LogP contribution >= 0.6 is 0 Å². The van der Waals surface area contributed by atoms with E-state index in [9.17, 15) is 9.59 Å². The maximum atomic E-state index is 11.6. The number of anilines is 2. The van der Waals surface area contributed by atoms with E-state index in [1.807, 2.05) is 23.6 Å². The molecule has 8 N–H and O–H groups in total. The van der Waals surface area contributed by atoms with Gasteiger partial charge in [0, 0.05) is 24.2 Å². The van der Waals surface area contributed by atoms with Crippen molar-refractivity contribution in [1.29, 1.82) is 0 Å².